The minimum absolute atomic E-state index is 0.282. The average molecular weight is 257 g/mol. The highest BCUT2D eigenvalue weighted by molar-refractivity contribution is 5.57. The first-order valence-corrected chi connectivity index (χ1v) is 6.10. The van der Waals surface area contributed by atoms with E-state index in [1.807, 2.05) is 43.3 Å². The Kier molecular flexibility index (Phi) is 2.91. The summed E-state index contributed by atoms with van der Waals surface area (Å²) in [5, 5.41) is 0. The summed E-state index contributed by atoms with van der Waals surface area (Å²) < 4.78 is 16.3. The van der Waals surface area contributed by atoms with Crippen molar-refractivity contribution in [2.45, 2.75) is 13.5 Å². The van der Waals surface area contributed by atoms with Gasteiger partial charge in [0.1, 0.15) is 12.4 Å². The van der Waals surface area contributed by atoms with Crippen LogP contribution in [0.1, 0.15) is 11.1 Å². The number of rotatable bonds is 3. The van der Waals surface area contributed by atoms with Gasteiger partial charge in [-0.25, -0.2) is 0 Å². The number of fused-ring (bicyclic) bond motifs is 1. The van der Waals surface area contributed by atoms with Crippen molar-refractivity contribution in [1.82, 2.24) is 0 Å². The van der Waals surface area contributed by atoms with Gasteiger partial charge in [-0.05, 0) is 36.2 Å². The molecule has 0 spiro atoms. The Balaban J connectivity index is 1.74. The predicted molar refractivity (Wildman–Crippen MR) is 72.5 cm³/mol. The van der Waals surface area contributed by atoms with E-state index in [9.17, 15) is 0 Å². The molecule has 0 fully saturated rings. The highest BCUT2D eigenvalue weighted by Crippen LogP contribution is 2.33. The maximum absolute atomic E-state index is 5.97. The van der Waals surface area contributed by atoms with E-state index in [0.29, 0.717) is 18.0 Å². The Labute approximate surface area is 111 Å². The summed E-state index contributed by atoms with van der Waals surface area (Å²) in [5.74, 6) is 2.25. The van der Waals surface area contributed by atoms with Gasteiger partial charge in [-0.3, -0.25) is 0 Å². The second kappa shape index (κ2) is 4.72. The molecule has 2 N–H and O–H groups in total. The van der Waals surface area contributed by atoms with Crippen LogP contribution in [0.2, 0.25) is 0 Å². The fourth-order valence-corrected chi connectivity index (χ4v) is 1.97. The molecule has 19 heavy (non-hydrogen) atoms. The maximum Gasteiger partial charge on any atom is 0.231 e. The van der Waals surface area contributed by atoms with Crippen LogP contribution in [-0.4, -0.2) is 6.79 Å². The molecule has 2 aromatic carbocycles. The molecule has 1 aliphatic heterocycles. The number of aryl methyl sites for hydroxylation is 1. The summed E-state index contributed by atoms with van der Waals surface area (Å²) in [6.45, 7) is 2.69. The monoisotopic (exact) mass is 257 g/mol. The molecule has 0 atom stereocenters. The molecule has 0 saturated carbocycles. The van der Waals surface area contributed by atoms with E-state index < -0.39 is 0 Å². The fraction of sp³-hybridized carbons (Fsp3) is 0.200. The zero-order valence-electron chi connectivity index (χ0n) is 10.7. The van der Waals surface area contributed by atoms with Gasteiger partial charge in [0.15, 0.2) is 11.5 Å². The van der Waals surface area contributed by atoms with Crippen LogP contribution in [0.3, 0.4) is 0 Å². The van der Waals surface area contributed by atoms with Crippen LogP contribution < -0.4 is 19.9 Å². The number of hydrogen-bond acceptors (Lipinski definition) is 4. The summed E-state index contributed by atoms with van der Waals surface area (Å²) in [6.07, 6.45) is 0. The predicted octanol–water partition coefficient (Wildman–Crippen LogP) is 2.88. The second-order valence-corrected chi connectivity index (χ2v) is 4.46. The molecule has 0 aliphatic carbocycles. The molecule has 0 amide bonds. The number of para-hydroxylation sites is 1. The standard InChI is InChI=1S/C15H15NO3/c1-10-3-2-4-13(15(10)16)17-8-11-5-6-12-14(7-11)19-9-18-12/h2-7H,8-9,16H2,1H3. The van der Waals surface area contributed by atoms with E-state index >= 15 is 0 Å². The van der Waals surface area contributed by atoms with Crippen molar-refractivity contribution in [1.29, 1.82) is 0 Å². The molecule has 1 aliphatic rings. The summed E-state index contributed by atoms with van der Waals surface area (Å²) in [6, 6.07) is 11.5. The molecule has 1 heterocycles. The number of nitrogens with two attached hydrogens (primary N) is 1. The number of hydrogen-bond donors (Lipinski definition) is 1. The first-order chi connectivity index (χ1) is 9.24. The van der Waals surface area contributed by atoms with Gasteiger partial charge in [-0.2, -0.15) is 0 Å². The first-order valence-electron chi connectivity index (χ1n) is 6.10. The van der Waals surface area contributed by atoms with Crippen LogP contribution in [0.25, 0.3) is 0 Å². The van der Waals surface area contributed by atoms with Gasteiger partial charge in [0.25, 0.3) is 0 Å². The Bertz CT molecular complexity index is 610. The first kappa shape index (κ1) is 11.7. The normalized spacial score (nSPS) is 12.5. The fourth-order valence-electron chi connectivity index (χ4n) is 1.97. The Morgan fingerprint density at radius 2 is 2.00 bits per heavy atom. The lowest BCUT2D eigenvalue weighted by molar-refractivity contribution is 0.174. The number of benzene rings is 2. The van der Waals surface area contributed by atoms with Crippen molar-refractivity contribution in [3.63, 3.8) is 0 Å². The van der Waals surface area contributed by atoms with Crippen molar-refractivity contribution < 1.29 is 14.2 Å². The minimum atomic E-state index is 0.282. The van der Waals surface area contributed by atoms with Gasteiger partial charge in [0.05, 0.1) is 5.69 Å². The third kappa shape index (κ3) is 2.29. The average Bonchev–Trinajstić information content (AvgIpc) is 2.88. The van der Waals surface area contributed by atoms with Crippen molar-refractivity contribution >= 4 is 5.69 Å². The van der Waals surface area contributed by atoms with Gasteiger partial charge in [-0.1, -0.05) is 18.2 Å². The number of nitrogen functional groups attached to an aromatic ring is 1. The summed E-state index contributed by atoms with van der Waals surface area (Å²) in [4.78, 5) is 0. The second-order valence-electron chi connectivity index (χ2n) is 4.46. The molecule has 0 radical (unpaired) electrons. The summed E-state index contributed by atoms with van der Waals surface area (Å²) in [7, 11) is 0. The largest absolute Gasteiger partial charge is 0.487 e. The Morgan fingerprint density at radius 1 is 1.16 bits per heavy atom. The highest BCUT2D eigenvalue weighted by atomic mass is 16.7. The van der Waals surface area contributed by atoms with Gasteiger partial charge in [-0.15, -0.1) is 0 Å². The SMILES string of the molecule is Cc1cccc(OCc2ccc3c(c2)OCO3)c1N. The smallest absolute Gasteiger partial charge is 0.231 e. The molecular formula is C15H15NO3. The molecular weight excluding hydrogens is 242 g/mol. The van der Waals surface area contributed by atoms with Crippen molar-refractivity contribution in [3.05, 3.63) is 47.5 Å². The Hall–Kier alpha value is -2.36. The van der Waals surface area contributed by atoms with Gasteiger partial charge in [0, 0.05) is 0 Å². The molecule has 0 bridgehead atoms. The van der Waals surface area contributed by atoms with Crippen LogP contribution in [0, 0.1) is 6.92 Å². The van der Waals surface area contributed by atoms with E-state index in [2.05, 4.69) is 0 Å². The van der Waals surface area contributed by atoms with Crippen LogP contribution in [-0.2, 0) is 6.61 Å². The quantitative estimate of drug-likeness (QED) is 0.859. The summed E-state index contributed by atoms with van der Waals surface area (Å²) >= 11 is 0. The van der Waals surface area contributed by atoms with Gasteiger partial charge in [0.2, 0.25) is 6.79 Å². The van der Waals surface area contributed by atoms with Crippen LogP contribution in [0.4, 0.5) is 5.69 Å². The third-order valence-electron chi connectivity index (χ3n) is 3.12. The van der Waals surface area contributed by atoms with Crippen molar-refractivity contribution in [2.75, 3.05) is 12.5 Å². The molecule has 3 rings (SSSR count). The van der Waals surface area contributed by atoms with Crippen LogP contribution in [0.5, 0.6) is 17.2 Å². The van der Waals surface area contributed by atoms with E-state index in [4.69, 9.17) is 19.9 Å². The number of ether oxygens (including phenoxy) is 3. The third-order valence-corrected chi connectivity index (χ3v) is 3.12. The lowest BCUT2D eigenvalue weighted by atomic mass is 10.2. The lowest BCUT2D eigenvalue weighted by Crippen LogP contribution is -2.00. The van der Waals surface area contributed by atoms with Crippen LogP contribution >= 0.6 is 0 Å². The van der Waals surface area contributed by atoms with E-state index in [1.165, 1.54) is 0 Å². The zero-order valence-corrected chi connectivity index (χ0v) is 10.7. The molecule has 98 valence electrons. The topological polar surface area (TPSA) is 53.7 Å². The molecule has 2 aromatic rings. The summed E-state index contributed by atoms with van der Waals surface area (Å²) in [5.41, 5.74) is 8.69. The zero-order chi connectivity index (χ0) is 13.2. The van der Waals surface area contributed by atoms with Gasteiger partial charge < -0.3 is 19.9 Å². The maximum atomic E-state index is 5.97. The molecule has 0 aromatic heterocycles. The number of anilines is 1. The van der Waals surface area contributed by atoms with Crippen molar-refractivity contribution in [3.8, 4) is 17.2 Å². The molecule has 4 heteroatoms. The lowest BCUT2D eigenvalue weighted by Gasteiger charge is -2.10. The van der Waals surface area contributed by atoms with Crippen molar-refractivity contribution in [2.24, 2.45) is 0 Å². The van der Waals surface area contributed by atoms with E-state index in [0.717, 1.165) is 22.6 Å². The Morgan fingerprint density at radius 3 is 2.89 bits per heavy atom. The molecule has 0 saturated heterocycles. The molecule has 4 nitrogen and oxygen atoms in total. The highest BCUT2D eigenvalue weighted by Gasteiger charge is 2.13. The van der Waals surface area contributed by atoms with E-state index in [1.54, 1.807) is 0 Å². The van der Waals surface area contributed by atoms with Gasteiger partial charge >= 0.3 is 0 Å². The molecule has 0 unspecified atom stereocenters. The minimum Gasteiger partial charge on any atom is -0.487 e. The van der Waals surface area contributed by atoms with E-state index in [-0.39, 0.29) is 6.79 Å². The van der Waals surface area contributed by atoms with Crippen LogP contribution in [0.15, 0.2) is 36.4 Å².